The summed E-state index contributed by atoms with van der Waals surface area (Å²) >= 11 is 1.86. The Kier molecular flexibility index (Phi) is 5.97. The van der Waals surface area contributed by atoms with Crippen molar-refractivity contribution in [1.82, 2.24) is 10.2 Å². The minimum Gasteiger partial charge on any atom is -0.480 e. The summed E-state index contributed by atoms with van der Waals surface area (Å²) in [5, 5.41) is 12.6. The van der Waals surface area contributed by atoms with Crippen molar-refractivity contribution in [2.75, 3.05) is 13.1 Å². The van der Waals surface area contributed by atoms with E-state index in [9.17, 15) is 9.59 Å². The highest BCUT2D eigenvalue weighted by atomic mass is 32.2. The van der Waals surface area contributed by atoms with E-state index in [1.807, 2.05) is 25.6 Å². The average molecular weight is 288 g/mol. The molecule has 0 aromatic carbocycles. The molecule has 5 nitrogen and oxygen atoms in total. The quantitative estimate of drug-likeness (QED) is 0.830. The maximum atomic E-state index is 12.1. The smallest absolute Gasteiger partial charge is 0.326 e. The number of hydrogen-bond donors (Lipinski definition) is 2. The van der Waals surface area contributed by atoms with Gasteiger partial charge in [0, 0.05) is 23.6 Å². The van der Waals surface area contributed by atoms with Crippen molar-refractivity contribution in [2.24, 2.45) is 5.92 Å². The van der Waals surface area contributed by atoms with Crippen LogP contribution >= 0.6 is 11.8 Å². The predicted molar refractivity (Wildman–Crippen MR) is 77.5 cm³/mol. The molecule has 2 unspecified atom stereocenters. The van der Waals surface area contributed by atoms with Crippen LogP contribution in [0.3, 0.4) is 0 Å². The number of hydrogen-bond acceptors (Lipinski definition) is 3. The molecule has 6 heteroatoms. The van der Waals surface area contributed by atoms with Crippen LogP contribution in [0.1, 0.15) is 34.1 Å². The number of carbonyl (C=O) groups is 2. The zero-order valence-electron chi connectivity index (χ0n) is 12.0. The van der Waals surface area contributed by atoms with Gasteiger partial charge in [-0.05, 0) is 12.3 Å². The topological polar surface area (TPSA) is 69.6 Å². The molecule has 1 fully saturated rings. The Hall–Kier alpha value is -0.910. The van der Waals surface area contributed by atoms with E-state index < -0.39 is 12.0 Å². The van der Waals surface area contributed by atoms with Gasteiger partial charge < -0.3 is 15.3 Å². The molecule has 1 heterocycles. The fourth-order valence-electron chi connectivity index (χ4n) is 2.28. The molecular formula is C13H24N2O3S. The fourth-order valence-corrected chi connectivity index (χ4v) is 3.60. The number of amides is 2. The van der Waals surface area contributed by atoms with Gasteiger partial charge in [0.25, 0.3) is 0 Å². The van der Waals surface area contributed by atoms with E-state index in [1.54, 1.807) is 4.90 Å². The number of thioether (sulfide) groups is 1. The molecule has 0 spiro atoms. The monoisotopic (exact) mass is 288 g/mol. The van der Waals surface area contributed by atoms with Crippen LogP contribution in [0.25, 0.3) is 0 Å². The Morgan fingerprint density at radius 3 is 2.26 bits per heavy atom. The van der Waals surface area contributed by atoms with Gasteiger partial charge in [-0.15, -0.1) is 0 Å². The molecule has 2 amide bonds. The van der Waals surface area contributed by atoms with Crippen LogP contribution in [0, 0.1) is 5.92 Å². The molecule has 2 N–H and O–H groups in total. The summed E-state index contributed by atoms with van der Waals surface area (Å²) in [5.41, 5.74) is 0. The molecule has 1 saturated heterocycles. The number of carboxylic acid groups (broad SMARTS) is 1. The fraction of sp³-hybridized carbons (Fsp3) is 0.846. The van der Waals surface area contributed by atoms with Gasteiger partial charge in [0.05, 0.1) is 0 Å². The third-order valence-corrected chi connectivity index (χ3v) is 4.24. The van der Waals surface area contributed by atoms with Crippen molar-refractivity contribution in [3.8, 4) is 0 Å². The van der Waals surface area contributed by atoms with Crippen molar-refractivity contribution < 1.29 is 14.7 Å². The lowest BCUT2D eigenvalue weighted by Crippen LogP contribution is -2.52. The molecule has 0 bridgehead atoms. The predicted octanol–water partition coefficient (Wildman–Crippen LogP) is 2.02. The van der Waals surface area contributed by atoms with Crippen LogP contribution in [0.2, 0.25) is 0 Å². The second-order valence-corrected chi connectivity index (χ2v) is 7.51. The average Bonchev–Trinajstić information content (AvgIpc) is 2.25. The molecule has 0 saturated carbocycles. The van der Waals surface area contributed by atoms with Crippen LogP contribution < -0.4 is 5.32 Å². The number of carbonyl (C=O) groups excluding carboxylic acids is 1. The van der Waals surface area contributed by atoms with Gasteiger partial charge in [-0.25, -0.2) is 9.59 Å². The van der Waals surface area contributed by atoms with Gasteiger partial charge in [0.2, 0.25) is 0 Å². The standard InChI is InChI=1S/C13H24N2O3S/c1-8(2)5-11(12(16)17)14-13(18)15-6-9(3)19-10(4)7-15/h8-11H,5-7H2,1-4H3,(H,14,18)(H,16,17)/t9?,10?,11-/m0/s1. The lowest BCUT2D eigenvalue weighted by Gasteiger charge is -2.35. The summed E-state index contributed by atoms with van der Waals surface area (Å²) in [4.78, 5) is 25.0. The van der Waals surface area contributed by atoms with Crippen LogP contribution in [0.15, 0.2) is 0 Å². The molecule has 19 heavy (non-hydrogen) atoms. The molecule has 1 aliphatic heterocycles. The maximum Gasteiger partial charge on any atom is 0.326 e. The molecule has 0 aromatic heterocycles. The van der Waals surface area contributed by atoms with Gasteiger partial charge in [-0.1, -0.05) is 27.7 Å². The van der Waals surface area contributed by atoms with E-state index in [1.165, 1.54) is 0 Å². The molecule has 0 aliphatic carbocycles. The first-order chi connectivity index (χ1) is 8.79. The second kappa shape index (κ2) is 7.03. The number of nitrogens with zero attached hydrogens (tertiary/aromatic N) is 1. The van der Waals surface area contributed by atoms with Crippen molar-refractivity contribution in [3.05, 3.63) is 0 Å². The number of aliphatic carboxylic acids is 1. The summed E-state index contributed by atoms with van der Waals surface area (Å²) < 4.78 is 0. The molecule has 1 rings (SSSR count). The Morgan fingerprint density at radius 2 is 1.84 bits per heavy atom. The van der Waals surface area contributed by atoms with Crippen molar-refractivity contribution in [1.29, 1.82) is 0 Å². The number of nitrogens with one attached hydrogen (secondary N) is 1. The highest BCUT2D eigenvalue weighted by Gasteiger charge is 2.29. The van der Waals surface area contributed by atoms with E-state index in [2.05, 4.69) is 19.2 Å². The first-order valence-corrected chi connectivity index (χ1v) is 7.67. The number of carboxylic acids is 1. The SMILES string of the molecule is CC(C)C[C@H](NC(=O)N1CC(C)SC(C)C1)C(=O)O. The summed E-state index contributed by atoms with van der Waals surface area (Å²) in [6, 6.07) is -1.06. The maximum absolute atomic E-state index is 12.1. The van der Waals surface area contributed by atoms with E-state index in [0.717, 1.165) is 0 Å². The summed E-state index contributed by atoms with van der Waals surface area (Å²) in [7, 11) is 0. The zero-order valence-corrected chi connectivity index (χ0v) is 12.9. The molecular weight excluding hydrogens is 264 g/mol. The third-order valence-electron chi connectivity index (χ3n) is 3.01. The Labute approximate surface area is 119 Å². The van der Waals surface area contributed by atoms with Crippen molar-refractivity contribution >= 4 is 23.8 Å². The molecule has 3 atom stereocenters. The minimum atomic E-state index is -0.963. The van der Waals surface area contributed by atoms with E-state index in [0.29, 0.717) is 30.0 Å². The van der Waals surface area contributed by atoms with Crippen molar-refractivity contribution in [2.45, 2.75) is 50.7 Å². The number of rotatable bonds is 4. The lowest BCUT2D eigenvalue weighted by molar-refractivity contribution is -0.139. The van der Waals surface area contributed by atoms with Gasteiger partial charge >= 0.3 is 12.0 Å². The summed E-state index contributed by atoms with van der Waals surface area (Å²) in [5.74, 6) is -0.731. The first-order valence-electron chi connectivity index (χ1n) is 6.73. The summed E-state index contributed by atoms with van der Waals surface area (Å²) in [6.45, 7) is 9.42. The Balaban J connectivity index is 2.58. The van der Waals surface area contributed by atoms with Gasteiger partial charge in [0.1, 0.15) is 6.04 Å². The highest BCUT2D eigenvalue weighted by Crippen LogP contribution is 2.24. The van der Waals surface area contributed by atoms with Gasteiger partial charge in [0.15, 0.2) is 0 Å². The second-order valence-electron chi connectivity index (χ2n) is 5.63. The van der Waals surface area contributed by atoms with Crippen LogP contribution in [0.4, 0.5) is 4.79 Å². The lowest BCUT2D eigenvalue weighted by atomic mass is 10.0. The normalized spacial score (nSPS) is 25.2. The van der Waals surface area contributed by atoms with Gasteiger partial charge in [-0.3, -0.25) is 0 Å². The van der Waals surface area contributed by atoms with Gasteiger partial charge in [-0.2, -0.15) is 11.8 Å². The molecule has 1 aliphatic rings. The van der Waals surface area contributed by atoms with E-state index in [4.69, 9.17) is 5.11 Å². The van der Waals surface area contributed by atoms with Crippen LogP contribution in [-0.4, -0.2) is 51.6 Å². The number of urea groups is 1. The molecule has 0 aromatic rings. The first kappa shape index (κ1) is 16.1. The largest absolute Gasteiger partial charge is 0.480 e. The Morgan fingerprint density at radius 1 is 1.32 bits per heavy atom. The van der Waals surface area contributed by atoms with E-state index in [-0.39, 0.29) is 11.9 Å². The highest BCUT2D eigenvalue weighted by molar-refractivity contribution is 8.00. The minimum absolute atomic E-state index is 0.233. The van der Waals surface area contributed by atoms with Crippen molar-refractivity contribution in [3.63, 3.8) is 0 Å². The third kappa shape index (κ3) is 5.30. The van der Waals surface area contributed by atoms with Crippen LogP contribution in [0.5, 0.6) is 0 Å². The molecule has 110 valence electrons. The zero-order chi connectivity index (χ0) is 14.6. The van der Waals surface area contributed by atoms with Crippen LogP contribution in [-0.2, 0) is 4.79 Å². The summed E-state index contributed by atoms with van der Waals surface area (Å²) in [6.07, 6.45) is 0.453. The molecule has 0 radical (unpaired) electrons. The Bertz CT molecular complexity index is 326. The van der Waals surface area contributed by atoms with E-state index >= 15 is 0 Å².